The molecule has 3 aromatic heterocycles. The number of hydrogen-bond acceptors (Lipinski definition) is 6. The Morgan fingerprint density at radius 2 is 1.79 bits per heavy atom. The van der Waals surface area contributed by atoms with E-state index in [0.717, 1.165) is 17.0 Å². The van der Waals surface area contributed by atoms with Crippen LogP contribution in [0.5, 0.6) is 11.5 Å². The highest BCUT2D eigenvalue weighted by Crippen LogP contribution is 2.30. The number of nitrogens with zero attached hydrogens (tertiary/aromatic N) is 5. The highest BCUT2D eigenvalue weighted by molar-refractivity contribution is 6.33. The highest BCUT2D eigenvalue weighted by atomic mass is 35.5. The van der Waals surface area contributed by atoms with Crippen molar-refractivity contribution in [2.45, 2.75) is 19.9 Å². The maximum absolute atomic E-state index is 13.5. The van der Waals surface area contributed by atoms with Gasteiger partial charge in [-0.1, -0.05) is 11.6 Å². The summed E-state index contributed by atoms with van der Waals surface area (Å²) in [6, 6.07) is 10.1. The van der Waals surface area contributed by atoms with Gasteiger partial charge < -0.3 is 19.4 Å². The molecule has 1 N–H and O–H groups in total. The minimum absolute atomic E-state index is 0.0841. The van der Waals surface area contributed by atoms with Crippen LogP contribution in [0.25, 0.3) is 5.82 Å². The third-order valence-corrected chi connectivity index (χ3v) is 5.68. The lowest BCUT2D eigenvalue weighted by molar-refractivity contribution is 0.0936. The number of aromatic nitrogens is 5. The minimum atomic E-state index is -0.619. The fourth-order valence-electron chi connectivity index (χ4n) is 3.72. The van der Waals surface area contributed by atoms with Crippen molar-refractivity contribution in [1.29, 1.82) is 0 Å². The summed E-state index contributed by atoms with van der Waals surface area (Å²) >= 11 is 6.39. The van der Waals surface area contributed by atoms with E-state index in [-0.39, 0.29) is 10.7 Å². The molecule has 1 amide bonds. The van der Waals surface area contributed by atoms with Gasteiger partial charge in [0.1, 0.15) is 29.1 Å². The van der Waals surface area contributed by atoms with E-state index >= 15 is 0 Å². The predicted molar refractivity (Wildman–Crippen MR) is 128 cm³/mol. The number of carbonyl (C=O) groups excluding carboxylic acids is 1. The van der Waals surface area contributed by atoms with Crippen LogP contribution >= 0.6 is 11.6 Å². The van der Waals surface area contributed by atoms with Gasteiger partial charge in [0, 0.05) is 31.2 Å². The maximum Gasteiger partial charge on any atom is 0.272 e. The topological polar surface area (TPSA) is 96.1 Å². The van der Waals surface area contributed by atoms with Crippen molar-refractivity contribution in [3.63, 3.8) is 0 Å². The maximum atomic E-state index is 13.5. The van der Waals surface area contributed by atoms with E-state index in [2.05, 4.69) is 20.4 Å². The second-order valence-electron chi connectivity index (χ2n) is 7.79. The van der Waals surface area contributed by atoms with Crippen LogP contribution in [0.2, 0.25) is 5.02 Å². The zero-order chi connectivity index (χ0) is 24.4. The van der Waals surface area contributed by atoms with Crippen LogP contribution in [-0.2, 0) is 7.05 Å². The van der Waals surface area contributed by atoms with Gasteiger partial charge in [-0.25, -0.2) is 14.6 Å². The number of imidazole rings is 1. The summed E-state index contributed by atoms with van der Waals surface area (Å²) in [5.74, 6) is 1.84. The normalized spacial score (nSPS) is 11.8. The van der Waals surface area contributed by atoms with Gasteiger partial charge in [-0.3, -0.25) is 4.79 Å². The van der Waals surface area contributed by atoms with Crippen LogP contribution in [0, 0.1) is 13.8 Å². The number of carbonyl (C=O) groups is 1. The van der Waals surface area contributed by atoms with Gasteiger partial charge in [0.05, 0.1) is 24.9 Å². The van der Waals surface area contributed by atoms with Gasteiger partial charge >= 0.3 is 0 Å². The molecule has 0 aliphatic rings. The molecular formula is C24H25ClN6O3. The van der Waals surface area contributed by atoms with Crippen molar-refractivity contribution in [1.82, 2.24) is 29.6 Å². The van der Waals surface area contributed by atoms with Gasteiger partial charge in [0.25, 0.3) is 5.91 Å². The molecule has 0 spiro atoms. The quantitative estimate of drug-likeness (QED) is 0.432. The first-order chi connectivity index (χ1) is 16.3. The molecule has 4 aromatic rings. The Kier molecular flexibility index (Phi) is 6.56. The number of aryl methyl sites for hydroxylation is 3. The van der Waals surface area contributed by atoms with E-state index in [1.54, 1.807) is 49.5 Å². The monoisotopic (exact) mass is 480 g/mol. The summed E-state index contributed by atoms with van der Waals surface area (Å²) in [6.07, 6.45) is 3.47. The standard InChI is InChI=1S/C24H25ClN6O3/c1-14-10-15(2)31(29-14)20-7-6-19(25)22(27-20)24(32)28-21(23-26-8-9-30(23)3)16-11-17(33-4)13-18(12-16)34-5/h6-13,21H,1-5H3,(H,28,32). The molecule has 1 unspecified atom stereocenters. The van der Waals surface area contributed by atoms with Crippen molar-refractivity contribution in [2.24, 2.45) is 7.05 Å². The molecule has 3 heterocycles. The summed E-state index contributed by atoms with van der Waals surface area (Å²) < 4.78 is 14.3. The van der Waals surface area contributed by atoms with E-state index in [0.29, 0.717) is 23.1 Å². The van der Waals surface area contributed by atoms with Crippen LogP contribution in [0.15, 0.2) is 48.8 Å². The second-order valence-corrected chi connectivity index (χ2v) is 8.19. The van der Waals surface area contributed by atoms with Crippen molar-refractivity contribution < 1.29 is 14.3 Å². The molecule has 0 aliphatic heterocycles. The summed E-state index contributed by atoms with van der Waals surface area (Å²) in [6.45, 7) is 3.82. The lowest BCUT2D eigenvalue weighted by Crippen LogP contribution is -2.32. The number of pyridine rings is 1. The van der Waals surface area contributed by atoms with Gasteiger partial charge in [-0.2, -0.15) is 5.10 Å². The van der Waals surface area contributed by atoms with Crippen molar-refractivity contribution in [2.75, 3.05) is 14.2 Å². The molecule has 10 heteroatoms. The van der Waals surface area contributed by atoms with Crippen molar-refractivity contribution in [3.05, 3.63) is 82.3 Å². The number of methoxy groups -OCH3 is 2. The molecule has 1 aromatic carbocycles. The number of benzene rings is 1. The number of hydrogen-bond donors (Lipinski definition) is 1. The van der Waals surface area contributed by atoms with Crippen molar-refractivity contribution >= 4 is 17.5 Å². The van der Waals surface area contributed by atoms with E-state index in [1.165, 1.54) is 0 Å². The van der Waals surface area contributed by atoms with Crippen LogP contribution in [0.3, 0.4) is 0 Å². The highest BCUT2D eigenvalue weighted by Gasteiger charge is 2.25. The fraction of sp³-hybridized carbons (Fsp3) is 0.250. The summed E-state index contributed by atoms with van der Waals surface area (Å²) in [5, 5.41) is 7.70. The first-order valence-electron chi connectivity index (χ1n) is 10.5. The lowest BCUT2D eigenvalue weighted by atomic mass is 10.0. The number of amides is 1. The van der Waals surface area contributed by atoms with Crippen LogP contribution in [0.4, 0.5) is 0 Å². The third kappa shape index (κ3) is 4.60. The molecule has 0 radical (unpaired) electrons. The summed E-state index contributed by atoms with van der Waals surface area (Å²) in [7, 11) is 5.00. The molecule has 0 saturated carbocycles. The third-order valence-electron chi connectivity index (χ3n) is 5.37. The Morgan fingerprint density at radius 1 is 1.09 bits per heavy atom. The first-order valence-corrected chi connectivity index (χ1v) is 10.9. The SMILES string of the molecule is COc1cc(OC)cc(C(NC(=O)c2nc(-n3nc(C)cc3C)ccc2Cl)c2nccn2C)c1. The minimum Gasteiger partial charge on any atom is -0.497 e. The molecule has 0 saturated heterocycles. The lowest BCUT2D eigenvalue weighted by Gasteiger charge is -2.21. The van der Waals surface area contributed by atoms with Crippen LogP contribution in [0.1, 0.15) is 39.3 Å². The molecule has 0 bridgehead atoms. The number of nitrogens with one attached hydrogen (secondary N) is 1. The molecule has 9 nitrogen and oxygen atoms in total. The summed E-state index contributed by atoms with van der Waals surface area (Å²) in [4.78, 5) is 22.4. The van der Waals surface area contributed by atoms with E-state index in [1.807, 2.05) is 43.7 Å². The van der Waals surface area contributed by atoms with Gasteiger partial charge in [-0.05, 0) is 49.7 Å². The van der Waals surface area contributed by atoms with E-state index < -0.39 is 11.9 Å². The zero-order valence-electron chi connectivity index (χ0n) is 19.5. The Labute approximate surface area is 202 Å². The number of halogens is 1. The average Bonchev–Trinajstić information content (AvgIpc) is 3.41. The largest absolute Gasteiger partial charge is 0.497 e. The first kappa shape index (κ1) is 23.3. The van der Waals surface area contributed by atoms with Crippen molar-refractivity contribution in [3.8, 4) is 17.3 Å². The molecule has 34 heavy (non-hydrogen) atoms. The zero-order valence-corrected chi connectivity index (χ0v) is 20.3. The van der Waals surface area contributed by atoms with E-state index in [4.69, 9.17) is 21.1 Å². The van der Waals surface area contributed by atoms with Crippen LogP contribution in [-0.4, -0.2) is 44.4 Å². The smallest absolute Gasteiger partial charge is 0.272 e. The molecule has 0 aliphatic carbocycles. The molecule has 4 rings (SSSR count). The molecular weight excluding hydrogens is 456 g/mol. The predicted octanol–water partition coefficient (Wildman–Crippen LogP) is 3.81. The molecule has 1 atom stereocenters. The Balaban J connectivity index is 1.75. The Morgan fingerprint density at radius 3 is 2.35 bits per heavy atom. The average molecular weight is 481 g/mol. The van der Waals surface area contributed by atoms with Gasteiger partial charge in [-0.15, -0.1) is 0 Å². The summed E-state index contributed by atoms with van der Waals surface area (Å²) in [5.41, 5.74) is 2.56. The van der Waals surface area contributed by atoms with Gasteiger partial charge in [0.2, 0.25) is 0 Å². The second kappa shape index (κ2) is 9.56. The van der Waals surface area contributed by atoms with E-state index in [9.17, 15) is 4.79 Å². The fourth-order valence-corrected chi connectivity index (χ4v) is 3.91. The Hall–Kier alpha value is -3.85. The molecule has 0 fully saturated rings. The Bertz CT molecular complexity index is 1320. The van der Waals surface area contributed by atoms with Crippen LogP contribution < -0.4 is 14.8 Å². The number of rotatable bonds is 7. The molecule has 176 valence electrons. The number of ether oxygens (including phenoxy) is 2. The van der Waals surface area contributed by atoms with Gasteiger partial charge in [0.15, 0.2) is 5.82 Å².